The summed E-state index contributed by atoms with van der Waals surface area (Å²) in [5.74, 6) is 0.466. The Kier molecular flexibility index (Phi) is 5.34. The molecule has 1 aliphatic rings. The van der Waals surface area contributed by atoms with Crippen LogP contribution < -0.4 is 4.90 Å². The first-order valence-electron chi connectivity index (χ1n) is 9.07. The number of carbonyl (C=O) groups excluding carboxylic acids is 1. The summed E-state index contributed by atoms with van der Waals surface area (Å²) >= 11 is 0. The minimum absolute atomic E-state index is 0.148. The van der Waals surface area contributed by atoms with E-state index in [0.717, 1.165) is 19.4 Å². The standard InChI is InChI=1S/C18H27N5O4/c1-17(9-24,10-25)7-23-12-21-13-14(19-11-20-15(13)23)22-6-4-5-18(2,8-22)16(26)27-3/h11-12,24-25H,4-10H2,1-3H3. The van der Waals surface area contributed by atoms with Crippen molar-refractivity contribution in [2.45, 2.75) is 33.2 Å². The number of imidazole rings is 1. The van der Waals surface area contributed by atoms with E-state index in [-0.39, 0.29) is 19.2 Å². The van der Waals surface area contributed by atoms with E-state index in [0.29, 0.717) is 30.1 Å². The van der Waals surface area contributed by atoms with Crippen LogP contribution in [0.5, 0.6) is 0 Å². The predicted octanol–water partition coefficient (Wildman–Crippen LogP) is 0.597. The third kappa shape index (κ3) is 3.61. The van der Waals surface area contributed by atoms with Gasteiger partial charge in [-0.05, 0) is 19.8 Å². The van der Waals surface area contributed by atoms with Crippen LogP contribution in [0.1, 0.15) is 26.7 Å². The fourth-order valence-corrected chi connectivity index (χ4v) is 3.61. The van der Waals surface area contributed by atoms with E-state index in [1.54, 1.807) is 13.3 Å². The molecule has 3 rings (SSSR count). The number of hydrogen-bond acceptors (Lipinski definition) is 8. The SMILES string of the molecule is COC(=O)C1(C)CCCN(c2ncnc3c2ncn3CC(C)(CO)CO)C1. The molecule has 1 aliphatic heterocycles. The van der Waals surface area contributed by atoms with Crippen molar-refractivity contribution in [1.82, 2.24) is 19.5 Å². The van der Waals surface area contributed by atoms with E-state index in [1.165, 1.54) is 13.4 Å². The molecule has 0 amide bonds. The summed E-state index contributed by atoms with van der Waals surface area (Å²) in [5, 5.41) is 19.1. The number of fused-ring (bicyclic) bond motifs is 1. The van der Waals surface area contributed by atoms with Crippen LogP contribution in [0.4, 0.5) is 5.82 Å². The monoisotopic (exact) mass is 377 g/mol. The molecule has 1 unspecified atom stereocenters. The van der Waals surface area contributed by atoms with Crippen molar-refractivity contribution in [3.05, 3.63) is 12.7 Å². The Morgan fingerprint density at radius 2 is 2.07 bits per heavy atom. The van der Waals surface area contributed by atoms with Gasteiger partial charge < -0.3 is 24.4 Å². The van der Waals surface area contributed by atoms with E-state index in [2.05, 4.69) is 19.9 Å². The first kappa shape index (κ1) is 19.5. The summed E-state index contributed by atoms with van der Waals surface area (Å²) in [6, 6.07) is 0. The molecule has 9 heteroatoms. The Hall–Kier alpha value is -2.26. The number of nitrogens with zero attached hydrogens (tertiary/aromatic N) is 5. The zero-order valence-electron chi connectivity index (χ0n) is 16.1. The van der Waals surface area contributed by atoms with Crippen molar-refractivity contribution in [3.63, 3.8) is 0 Å². The second-order valence-corrected chi connectivity index (χ2v) is 7.95. The quantitative estimate of drug-likeness (QED) is 0.704. The fraction of sp³-hybridized carbons (Fsp3) is 0.667. The molecule has 0 saturated carbocycles. The molecular weight excluding hydrogens is 350 g/mol. The molecule has 0 aliphatic carbocycles. The molecule has 1 atom stereocenters. The highest BCUT2D eigenvalue weighted by Crippen LogP contribution is 2.34. The van der Waals surface area contributed by atoms with E-state index < -0.39 is 10.8 Å². The topological polar surface area (TPSA) is 114 Å². The third-order valence-electron chi connectivity index (χ3n) is 5.37. The highest BCUT2D eigenvalue weighted by atomic mass is 16.5. The molecule has 0 bridgehead atoms. The third-order valence-corrected chi connectivity index (χ3v) is 5.37. The maximum absolute atomic E-state index is 12.2. The van der Waals surface area contributed by atoms with Gasteiger partial charge in [-0.15, -0.1) is 0 Å². The highest BCUT2D eigenvalue weighted by Gasteiger charge is 2.40. The zero-order valence-corrected chi connectivity index (χ0v) is 16.1. The van der Waals surface area contributed by atoms with Crippen LogP contribution in [0.15, 0.2) is 12.7 Å². The largest absolute Gasteiger partial charge is 0.469 e. The summed E-state index contributed by atoms with van der Waals surface area (Å²) in [5.41, 5.74) is 0.0234. The molecule has 2 aromatic heterocycles. The number of aliphatic hydroxyl groups excluding tert-OH is 2. The van der Waals surface area contributed by atoms with Crippen LogP contribution in [0.3, 0.4) is 0 Å². The molecule has 0 aromatic carbocycles. The van der Waals surface area contributed by atoms with Gasteiger partial charge in [-0.2, -0.15) is 0 Å². The molecule has 148 valence electrons. The van der Waals surface area contributed by atoms with Crippen LogP contribution in [0, 0.1) is 10.8 Å². The van der Waals surface area contributed by atoms with Crippen LogP contribution in [0.25, 0.3) is 11.2 Å². The number of hydrogen-bond donors (Lipinski definition) is 2. The van der Waals surface area contributed by atoms with Crippen LogP contribution in [-0.4, -0.2) is 69.1 Å². The molecule has 2 N–H and O–H groups in total. The van der Waals surface area contributed by atoms with E-state index in [4.69, 9.17) is 4.74 Å². The van der Waals surface area contributed by atoms with Crippen molar-refractivity contribution in [2.24, 2.45) is 10.8 Å². The molecular formula is C18H27N5O4. The summed E-state index contributed by atoms with van der Waals surface area (Å²) in [6.07, 6.45) is 4.75. The minimum Gasteiger partial charge on any atom is -0.469 e. The van der Waals surface area contributed by atoms with Gasteiger partial charge in [0, 0.05) is 25.0 Å². The molecule has 1 saturated heterocycles. The molecule has 1 fully saturated rings. The summed E-state index contributed by atoms with van der Waals surface area (Å²) < 4.78 is 6.80. The maximum Gasteiger partial charge on any atom is 0.313 e. The Morgan fingerprint density at radius 1 is 1.33 bits per heavy atom. The van der Waals surface area contributed by atoms with Gasteiger partial charge in [-0.3, -0.25) is 4.79 Å². The van der Waals surface area contributed by atoms with Gasteiger partial charge in [0.15, 0.2) is 17.0 Å². The number of ether oxygens (including phenoxy) is 1. The van der Waals surface area contributed by atoms with Crippen molar-refractivity contribution >= 4 is 23.0 Å². The minimum atomic E-state index is -0.673. The highest BCUT2D eigenvalue weighted by molar-refractivity contribution is 5.84. The van der Waals surface area contributed by atoms with Gasteiger partial charge in [0.1, 0.15) is 6.33 Å². The lowest BCUT2D eigenvalue weighted by atomic mass is 9.82. The van der Waals surface area contributed by atoms with Gasteiger partial charge in [0.25, 0.3) is 0 Å². The predicted molar refractivity (Wildman–Crippen MR) is 99.2 cm³/mol. The Morgan fingerprint density at radius 3 is 2.74 bits per heavy atom. The van der Waals surface area contributed by atoms with Gasteiger partial charge in [-0.1, -0.05) is 6.92 Å². The number of carbonyl (C=O) groups is 1. The van der Waals surface area contributed by atoms with E-state index in [9.17, 15) is 15.0 Å². The van der Waals surface area contributed by atoms with Gasteiger partial charge in [-0.25, -0.2) is 15.0 Å². The summed E-state index contributed by atoms with van der Waals surface area (Å²) in [4.78, 5) is 27.5. The fourth-order valence-electron chi connectivity index (χ4n) is 3.61. The lowest BCUT2D eigenvalue weighted by molar-refractivity contribution is -0.152. The van der Waals surface area contributed by atoms with Crippen molar-refractivity contribution in [1.29, 1.82) is 0 Å². The van der Waals surface area contributed by atoms with Crippen LogP contribution in [-0.2, 0) is 16.1 Å². The summed E-state index contributed by atoms with van der Waals surface area (Å²) in [7, 11) is 1.41. The lowest BCUT2D eigenvalue weighted by Gasteiger charge is -2.38. The molecule has 27 heavy (non-hydrogen) atoms. The molecule has 9 nitrogen and oxygen atoms in total. The molecule has 3 heterocycles. The van der Waals surface area contributed by atoms with Crippen LogP contribution >= 0.6 is 0 Å². The lowest BCUT2D eigenvalue weighted by Crippen LogP contribution is -2.47. The number of methoxy groups -OCH3 is 1. The van der Waals surface area contributed by atoms with Gasteiger partial charge >= 0.3 is 5.97 Å². The second-order valence-electron chi connectivity index (χ2n) is 7.95. The van der Waals surface area contributed by atoms with Gasteiger partial charge in [0.2, 0.25) is 0 Å². The second kappa shape index (κ2) is 7.40. The van der Waals surface area contributed by atoms with Crippen molar-refractivity contribution in [3.8, 4) is 0 Å². The van der Waals surface area contributed by atoms with Crippen molar-refractivity contribution in [2.75, 3.05) is 38.3 Å². The number of esters is 1. The number of aromatic nitrogens is 4. The maximum atomic E-state index is 12.2. The van der Waals surface area contributed by atoms with Crippen LogP contribution in [0.2, 0.25) is 0 Å². The first-order chi connectivity index (χ1) is 12.9. The Bertz CT molecular complexity index is 819. The van der Waals surface area contributed by atoms with E-state index >= 15 is 0 Å². The average Bonchev–Trinajstić information content (AvgIpc) is 3.09. The smallest absolute Gasteiger partial charge is 0.313 e. The van der Waals surface area contributed by atoms with Crippen molar-refractivity contribution < 1.29 is 19.7 Å². The molecule has 2 aromatic rings. The normalized spacial score (nSPS) is 20.9. The zero-order chi connectivity index (χ0) is 19.7. The number of aliphatic hydroxyl groups is 2. The Labute approximate surface area is 158 Å². The summed E-state index contributed by atoms with van der Waals surface area (Å²) in [6.45, 7) is 5.08. The molecule has 0 spiro atoms. The Balaban J connectivity index is 1.93. The van der Waals surface area contributed by atoms with Gasteiger partial charge in [0.05, 0.1) is 32.1 Å². The van der Waals surface area contributed by atoms with E-state index in [1.807, 2.05) is 11.5 Å². The average molecular weight is 377 g/mol. The first-order valence-corrected chi connectivity index (χ1v) is 9.07. The molecule has 0 radical (unpaired) electrons. The number of piperidine rings is 1. The number of rotatable bonds is 6. The number of anilines is 1.